The number of likely N-dealkylation sites (tertiary alicyclic amines) is 1. The molecule has 2 amide bonds. The first-order valence-corrected chi connectivity index (χ1v) is 8.10. The lowest BCUT2D eigenvalue weighted by Gasteiger charge is -2.39. The van der Waals surface area contributed by atoms with Gasteiger partial charge in [0.25, 0.3) is 0 Å². The average molecular weight is 296 g/mol. The zero-order valence-electron chi connectivity index (χ0n) is 13.4. The summed E-state index contributed by atoms with van der Waals surface area (Å²) in [7, 11) is 0. The molecule has 5 nitrogen and oxygen atoms in total. The van der Waals surface area contributed by atoms with Crippen LogP contribution >= 0.6 is 0 Å². The monoisotopic (exact) mass is 296 g/mol. The lowest BCUT2D eigenvalue weighted by molar-refractivity contribution is -0.145. The summed E-state index contributed by atoms with van der Waals surface area (Å²) in [6, 6.07) is -0.686. The summed E-state index contributed by atoms with van der Waals surface area (Å²) in [5.41, 5.74) is 0.366. The van der Waals surface area contributed by atoms with Gasteiger partial charge in [-0.05, 0) is 49.9 Å². The fourth-order valence-corrected chi connectivity index (χ4v) is 3.59. The third-order valence-electron chi connectivity index (χ3n) is 5.11. The zero-order valence-corrected chi connectivity index (χ0v) is 13.4. The first-order valence-electron chi connectivity index (χ1n) is 8.10. The standard InChI is InChI=1S/C16H28N2O3/c1-11-5-4-10-18(13(11)14(19)20)15(21)17-12-6-8-16(2,3)9-7-12/h11-13H,4-10H2,1-3H3,(H,17,21)(H,19,20). The number of carboxylic acid groups (broad SMARTS) is 1. The first-order chi connectivity index (χ1) is 9.80. The minimum absolute atomic E-state index is 0.0206. The Kier molecular flexibility index (Phi) is 4.79. The van der Waals surface area contributed by atoms with E-state index < -0.39 is 12.0 Å². The Morgan fingerprint density at radius 2 is 1.81 bits per heavy atom. The van der Waals surface area contributed by atoms with Crippen LogP contribution in [-0.4, -0.2) is 40.6 Å². The van der Waals surface area contributed by atoms with E-state index in [9.17, 15) is 14.7 Å². The Morgan fingerprint density at radius 3 is 2.38 bits per heavy atom. The highest BCUT2D eigenvalue weighted by molar-refractivity contribution is 5.83. The molecule has 2 fully saturated rings. The van der Waals surface area contributed by atoms with E-state index in [0.717, 1.165) is 38.5 Å². The largest absolute Gasteiger partial charge is 0.480 e. The van der Waals surface area contributed by atoms with Gasteiger partial charge in [0.05, 0.1) is 0 Å². The molecule has 2 unspecified atom stereocenters. The van der Waals surface area contributed by atoms with Crippen molar-refractivity contribution in [1.82, 2.24) is 10.2 Å². The van der Waals surface area contributed by atoms with Crippen LogP contribution in [0.15, 0.2) is 0 Å². The summed E-state index contributed by atoms with van der Waals surface area (Å²) < 4.78 is 0. The van der Waals surface area contributed by atoms with Crippen molar-refractivity contribution < 1.29 is 14.7 Å². The number of carboxylic acids is 1. The summed E-state index contributed by atoms with van der Waals surface area (Å²) in [6.07, 6.45) is 5.95. The van der Waals surface area contributed by atoms with Crippen molar-refractivity contribution in [2.75, 3.05) is 6.54 Å². The van der Waals surface area contributed by atoms with E-state index in [1.54, 1.807) is 0 Å². The van der Waals surface area contributed by atoms with Crippen LogP contribution in [0.3, 0.4) is 0 Å². The van der Waals surface area contributed by atoms with Crippen molar-refractivity contribution in [1.29, 1.82) is 0 Å². The van der Waals surface area contributed by atoms with Gasteiger partial charge in [-0.15, -0.1) is 0 Å². The molecule has 0 spiro atoms. The highest BCUT2D eigenvalue weighted by Gasteiger charge is 2.38. The molecule has 1 heterocycles. The second-order valence-corrected chi connectivity index (χ2v) is 7.48. The fourth-order valence-electron chi connectivity index (χ4n) is 3.59. The molecule has 2 N–H and O–H groups in total. The number of carbonyl (C=O) groups excluding carboxylic acids is 1. The number of nitrogens with zero attached hydrogens (tertiary/aromatic N) is 1. The van der Waals surface area contributed by atoms with E-state index in [1.165, 1.54) is 4.90 Å². The third kappa shape index (κ3) is 3.89. The molecular formula is C16H28N2O3. The maximum atomic E-state index is 12.4. The molecule has 120 valence electrons. The van der Waals surface area contributed by atoms with Gasteiger partial charge in [-0.2, -0.15) is 0 Å². The molecule has 1 saturated heterocycles. The van der Waals surface area contributed by atoms with E-state index in [-0.39, 0.29) is 18.0 Å². The minimum Gasteiger partial charge on any atom is -0.480 e. The highest BCUT2D eigenvalue weighted by Crippen LogP contribution is 2.35. The van der Waals surface area contributed by atoms with Gasteiger partial charge in [-0.1, -0.05) is 20.8 Å². The molecule has 2 rings (SSSR count). The normalized spacial score (nSPS) is 30.0. The predicted octanol–water partition coefficient (Wildman–Crippen LogP) is 2.85. The van der Waals surface area contributed by atoms with Crippen molar-refractivity contribution in [2.45, 2.75) is 71.4 Å². The highest BCUT2D eigenvalue weighted by atomic mass is 16.4. The van der Waals surface area contributed by atoms with Crippen molar-refractivity contribution >= 4 is 12.0 Å². The van der Waals surface area contributed by atoms with Crippen molar-refractivity contribution in [3.05, 3.63) is 0 Å². The summed E-state index contributed by atoms with van der Waals surface area (Å²) in [5, 5.41) is 12.4. The van der Waals surface area contributed by atoms with E-state index in [0.29, 0.717) is 12.0 Å². The fraction of sp³-hybridized carbons (Fsp3) is 0.875. The SMILES string of the molecule is CC1CCCN(C(=O)NC2CCC(C)(C)CC2)C1C(=O)O. The average Bonchev–Trinajstić information content (AvgIpc) is 2.40. The summed E-state index contributed by atoms with van der Waals surface area (Å²) in [6.45, 7) is 6.99. The molecule has 0 bridgehead atoms. The molecule has 5 heteroatoms. The van der Waals surface area contributed by atoms with Gasteiger partial charge in [0.1, 0.15) is 6.04 Å². The Labute approximate surface area is 127 Å². The summed E-state index contributed by atoms with van der Waals surface area (Å²) in [4.78, 5) is 25.4. The number of amides is 2. The van der Waals surface area contributed by atoms with Crippen molar-refractivity contribution in [3.8, 4) is 0 Å². The van der Waals surface area contributed by atoms with Gasteiger partial charge in [0.15, 0.2) is 0 Å². The summed E-state index contributed by atoms with van der Waals surface area (Å²) >= 11 is 0. The van der Waals surface area contributed by atoms with Crippen LogP contribution in [0.2, 0.25) is 0 Å². The van der Waals surface area contributed by atoms with E-state index in [2.05, 4.69) is 19.2 Å². The third-order valence-corrected chi connectivity index (χ3v) is 5.11. The molecule has 0 aromatic carbocycles. The molecule has 0 aromatic heterocycles. The van der Waals surface area contributed by atoms with Gasteiger partial charge in [-0.3, -0.25) is 0 Å². The number of rotatable bonds is 2. The van der Waals surface area contributed by atoms with E-state index >= 15 is 0 Å². The molecule has 1 saturated carbocycles. The van der Waals surface area contributed by atoms with Crippen LogP contribution in [-0.2, 0) is 4.79 Å². The van der Waals surface area contributed by atoms with Gasteiger partial charge < -0.3 is 15.3 Å². The van der Waals surface area contributed by atoms with Crippen LogP contribution in [0.5, 0.6) is 0 Å². The molecule has 1 aliphatic carbocycles. The number of nitrogens with one attached hydrogen (secondary N) is 1. The Hall–Kier alpha value is -1.26. The van der Waals surface area contributed by atoms with Crippen LogP contribution in [0.4, 0.5) is 4.79 Å². The van der Waals surface area contributed by atoms with Crippen molar-refractivity contribution in [2.24, 2.45) is 11.3 Å². The second kappa shape index (κ2) is 6.24. The minimum atomic E-state index is -0.887. The number of hydrogen-bond acceptors (Lipinski definition) is 2. The van der Waals surface area contributed by atoms with E-state index in [1.807, 2.05) is 6.92 Å². The van der Waals surface area contributed by atoms with Gasteiger partial charge in [0.2, 0.25) is 0 Å². The van der Waals surface area contributed by atoms with E-state index in [4.69, 9.17) is 0 Å². The number of urea groups is 1. The van der Waals surface area contributed by atoms with Crippen LogP contribution in [0, 0.1) is 11.3 Å². The maximum absolute atomic E-state index is 12.4. The number of piperidine rings is 1. The van der Waals surface area contributed by atoms with Gasteiger partial charge in [0, 0.05) is 12.6 Å². The van der Waals surface area contributed by atoms with Crippen LogP contribution < -0.4 is 5.32 Å². The number of hydrogen-bond donors (Lipinski definition) is 2. The quantitative estimate of drug-likeness (QED) is 0.823. The van der Waals surface area contributed by atoms with Gasteiger partial charge >= 0.3 is 12.0 Å². The smallest absolute Gasteiger partial charge is 0.326 e. The number of carbonyl (C=O) groups is 2. The predicted molar refractivity (Wildman–Crippen MR) is 81.1 cm³/mol. The summed E-state index contributed by atoms with van der Waals surface area (Å²) in [5.74, 6) is -0.866. The topological polar surface area (TPSA) is 69.6 Å². The molecule has 2 atom stereocenters. The molecular weight excluding hydrogens is 268 g/mol. The molecule has 1 aliphatic heterocycles. The Balaban J connectivity index is 1.94. The van der Waals surface area contributed by atoms with Crippen molar-refractivity contribution in [3.63, 3.8) is 0 Å². The lowest BCUT2D eigenvalue weighted by atomic mass is 9.75. The zero-order chi connectivity index (χ0) is 15.6. The first kappa shape index (κ1) is 16.1. The molecule has 0 radical (unpaired) electrons. The van der Waals surface area contributed by atoms with Crippen LogP contribution in [0.25, 0.3) is 0 Å². The Bertz CT molecular complexity index is 398. The second-order valence-electron chi connectivity index (χ2n) is 7.48. The number of aliphatic carboxylic acids is 1. The molecule has 21 heavy (non-hydrogen) atoms. The van der Waals surface area contributed by atoms with Gasteiger partial charge in [-0.25, -0.2) is 9.59 Å². The van der Waals surface area contributed by atoms with Crippen LogP contribution in [0.1, 0.15) is 59.3 Å². The molecule has 0 aromatic rings. The lowest BCUT2D eigenvalue weighted by Crippen LogP contribution is -2.56. The molecule has 2 aliphatic rings. The maximum Gasteiger partial charge on any atom is 0.326 e. The Morgan fingerprint density at radius 1 is 1.19 bits per heavy atom.